The van der Waals surface area contributed by atoms with Gasteiger partial charge in [0.15, 0.2) is 0 Å². The van der Waals surface area contributed by atoms with E-state index in [-0.39, 0.29) is 12.2 Å². The Morgan fingerprint density at radius 2 is 1.83 bits per heavy atom. The number of anilines is 1. The first-order valence-corrected chi connectivity index (χ1v) is 10.4. The molecule has 0 bridgehead atoms. The van der Waals surface area contributed by atoms with Gasteiger partial charge in [-0.3, -0.25) is 9.10 Å². The fourth-order valence-corrected chi connectivity index (χ4v) is 3.97. The van der Waals surface area contributed by atoms with Crippen molar-refractivity contribution in [3.8, 4) is 5.75 Å². The molecular formula is C19H21F3N2O4S. The first-order chi connectivity index (χ1) is 13.4. The fraction of sp³-hybridized carbons (Fsp3) is 0.316. The van der Waals surface area contributed by atoms with Crippen LogP contribution in [0.4, 0.5) is 18.9 Å². The second kappa shape index (κ2) is 8.73. The molecule has 10 heteroatoms. The van der Waals surface area contributed by atoms with Gasteiger partial charge in [0.2, 0.25) is 15.9 Å². The summed E-state index contributed by atoms with van der Waals surface area (Å²) >= 11 is 0. The lowest BCUT2D eigenvalue weighted by Gasteiger charge is -2.28. The number of halogens is 3. The monoisotopic (exact) mass is 430 g/mol. The Hall–Kier alpha value is -2.75. The molecule has 1 amide bonds. The number of benzene rings is 2. The topological polar surface area (TPSA) is 75.7 Å². The number of nitrogens with one attached hydrogen (secondary N) is 1. The van der Waals surface area contributed by atoms with Gasteiger partial charge in [0.25, 0.3) is 0 Å². The smallest absolute Gasteiger partial charge is 0.416 e. The number of methoxy groups -OCH3 is 1. The minimum atomic E-state index is -4.64. The lowest BCUT2D eigenvalue weighted by Crippen LogP contribution is -2.47. The molecule has 0 aliphatic carbocycles. The van der Waals surface area contributed by atoms with E-state index in [1.807, 2.05) is 0 Å². The number of nitrogens with zero attached hydrogens (tertiary/aromatic N) is 1. The first-order valence-electron chi connectivity index (χ1n) is 8.51. The van der Waals surface area contributed by atoms with Gasteiger partial charge in [-0.1, -0.05) is 24.3 Å². The molecule has 0 aromatic heterocycles. The maximum atomic E-state index is 13.0. The molecule has 0 spiro atoms. The number of carbonyl (C=O) groups is 1. The summed E-state index contributed by atoms with van der Waals surface area (Å²) in [5, 5.41) is 2.59. The zero-order chi connectivity index (χ0) is 21.8. The van der Waals surface area contributed by atoms with Gasteiger partial charge in [-0.2, -0.15) is 13.2 Å². The molecule has 1 unspecified atom stereocenters. The van der Waals surface area contributed by atoms with Gasteiger partial charge in [0.05, 0.1) is 24.6 Å². The van der Waals surface area contributed by atoms with Crippen LogP contribution in [0.2, 0.25) is 0 Å². The minimum absolute atomic E-state index is 0.0629. The largest absolute Gasteiger partial charge is 0.496 e. The summed E-state index contributed by atoms with van der Waals surface area (Å²) in [6.45, 7) is 1.37. The van der Waals surface area contributed by atoms with Crippen LogP contribution in [0, 0.1) is 0 Å². The Morgan fingerprint density at radius 1 is 1.17 bits per heavy atom. The molecular weight excluding hydrogens is 409 g/mol. The third kappa shape index (κ3) is 5.63. The highest BCUT2D eigenvalue weighted by Gasteiger charge is 2.34. The van der Waals surface area contributed by atoms with Crippen molar-refractivity contribution < 1.29 is 31.1 Å². The Morgan fingerprint density at radius 3 is 2.41 bits per heavy atom. The number of carbonyl (C=O) groups excluding carboxylic acids is 1. The Balaban J connectivity index is 2.28. The number of hydrogen-bond donors (Lipinski definition) is 1. The molecule has 29 heavy (non-hydrogen) atoms. The molecule has 2 rings (SSSR count). The van der Waals surface area contributed by atoms with Crippen LogP contribution < -0.4 is 14.4 Å². The van der Waals surface area contributed by atoms with Crippen LogP contribution in [-0.2, 0) is 27.5 Å². The number of alkyl halides is 3. The van der Waals surface area contributed by atoms with Gasteiger partial charge in [-0.15, -0.1) is 0 Å². The van der Waals surface area contributed by atoms with Gasteiger partial charge < -0.3 is 10.1 Å². The van der Waals surface area contributed by atoms with E-state index in [0.29, 0.717) is 21.7 Å². The van der Waals surface area contributed by atoms with Gasteiger partial charge >= 0.3 is 6.18 Å². The van der Waals surface area contributed by atoms with E-state index in [0.717, 1.165) is 18.4 Å². The van der Waals surface area contributed by atoms with E-state index in [2.05, 4.69) is 5.32 Å². The van der Waals surface area contributed by atoms with Crippen molar-refractivity contribution in [2.24, 2.45) is 0 Å². The van der Waals surface area contributed by atoms with E-state index < -0.39 is 33.7 Å². The predicted molar refractivity (Wildman–Crippen MR) is 103 cm³/mol. The van der Waals surface area contributed by atoms with E-state index in [9.17, 15) is 26.4 Å². The average Bonchev–Trinajstić information content (AvgIpc) is 2.64. The molecule has 0 aliphatic heterocycles. The van der Waals surface area contributed by atoms with Crippen LogP contribution in [-0.4, -0.2) is 33.7 Å². The molecule has 1 N–H and O–H groups in total. The van der Waals surface area contributed by atoms with Crippen molar-refractivity contribution >= 4 is 21.6 Å². The van der Waals surface area contributed by atoms with E-state index in [4.69, 9.17) is 4.74 Å². The van der Waals surface area contributed by atoms with Gasteiger partial charge in [-0.05, 0) is 31.2 Å². The summed E-state index contributed by atoms with van der Waals surface area (Å²) in [5.74, 6) is -0.128. The highest BCUT2D eigenvalue weighted by Crippen LogP contribution is 2.32. The standard InChI is InChI=1S/C19H21F3N2O4S/c1-13(18(25)23-12-14-7-4-5-10-17(14)28-2)24(29(3,26)27)16-9-6-8-15(11-16)19(20,21)22/h4-11,13H,12H2,1-3H3,(H,23,25). The van der Waals surface area contributed by atoms with Crippen LogP contribution in [0.25, 0.3) is 0 Å². The van der Waals surface area contributed by atoms with Crippen molar-refractivity contribution in [3.63, 3.8) is 0 Å². The maximum Gasteiger partial charge on any atom is 0.416 e. The molecule has 0 aliphatic rings. The van der Waals surface area contributed by atoms with Crippen molar-refractivity contribution in [3.05, 3.63) is 59.7 Å². The lowest BCUT2D eigenvalue weighted by molar-refractivity contribution is -0.137. The summed E-state index contributed by atoms with van der Waals surface area (Å²) in [6.07, 6.45) is -3.81. The third-order valence-electron chi connectivity index (χ3n) is 4.16. The normalized spacial score (nSPS) is 12.9. The lowest BCUT2D eigenvalue weighted by atomic mass is 10.1. The van der Waals surface area contributed by atoms with Crippen molar-refractivity contribution in [2.45, 2.75) is 25.7 Å². The first kappa shape index (κ1) is 22.5. The van der Waals surface area contributed by atoms with Gasteiger partial charge in [0, 0.05) is 12.1 Å². The van der Waals surface area contributed by atoms with Crippen molar-refractivity contribution in [1.29, 1.82) is 0 Å². The minimum Gasteiger partial charge on any atom is -0.496 e. The van der Waals surface area contributed by atoms with Gasteiger partial charge in [0.1, 0.15) is 11.8 Å². The molecule has 6 nitrogen and oxygen atoms in total. The van der Waals surface area contributed by atoms with E-state index in [1.165, 1.54) is 20.1 Å². The molecule has 1 atom stereocenters. The Kier molecular flexibility index (Phi) is 6.78. The summed E-state index contributed by atoms with van der Waals surface area (Å²) in [7, 11) is -2.57. The molecule has 0 saturated heterocycles. The van der Waals surface area contributed by atoms with Crippen LogP contribution >= 0.6 is 0 Å². The molecule has 158 valence electrons. The van der Waals surface area contributed by atoms with E-state index in [1.54, 1.807) is 24.3 Å². The molecule has 0 fully saturated rings. The number of hydrogen-bond acceptors (Lipinski definition) is 4. The number of sulfonamides is 1. The summed E-state index contributed by atoms with van der Waals surface area (Å²) in [5.41, 5.74) is -0.590. The number of rotatable bonds is 7. The number of amides is 1. The maximum absolute atomic E-state index is 13.0. The molecule has 2 aromatic carbocycles. The van der Waals surface area contributed by atoms with Crippen LogP contribution in [0.5, 0.6) is 5.75 Å². The highest BCUT2D eigenvalue weighted by atomic mass is 32.2. The molecule has 0 saturated carbocycles. The molecule has 0 heterocycles. The Labute approximate surface area is 167 Å². The zero-order valence-corrected chi connectivity index (χ0v) is 16.8. The number of ether oxygens (including phenoxy) is 1. The van der Waals surface area contributed by atoms with Crippen molar-refractivity contribution in [2.75, 3.05) is 17.7 Å². The molecule has 2 aromatic rings. The number of para-hydroxylation sites is 1. The Bertz CT molecular complexity index is 977. The van der Waals surface area contributed by atoms with Crippen LogP contribution in [0.15, 0.2) is 48.5 Å². The van der Waals surface area contributed by atoms with Crippen LogP contribution in [0.3, 0.4) is 0 Å². The fourth-order valence-electron chi connectivity index (χ4n) is 2.81. The highest BCUT2D eigenvalue weighted by molar-refractivity contribution is 7.92. The molecule has 0 radical (unpaired) electrons. The van der Waals surface area contributed by atoms with E-state index >= 15 is 0 Å². The zero-order valence-electron chi connectivity index (χ0n) is 16.0. The summed E-state index contributed by atoms with van der Waals surface area (Å²) in [6, 6.07) is 9.49. The quantitative estimate of drug-likeness (QED) is 0.732. The van der Waals surface area contributed by atoms with Crippen LogP contribution in [0.1, 0.15) is 18.1 Å². The second-order valence-electron chi connectivity index (χ2n) is 6.31. The predicted octanol–water partition coefficient (Wildman–Crippen LogP) is 3.18. The SMILES string of the molecule is COc1ccccc1CNC(=O)C(C)N(c1cccc(C(F)(F)F)c1)S(C)(=O)=O. The summed E-state index contributed by atoms with van der Waals surface area (Å²) < 4.78 is 69.4. The average molecular weight is 430 g/mol. The second-order valence-corrected chi connectivity index (χ2v) is 8.17. The third-order valence-corrected chi connectivity index (χ3v) is 5.40. The van der Waals surface area contributed by atoms with Gasteiger partial charge in [-0.25, -0.2) is 8.42 Å². The summed E-state index contributed by atoms with van der Waals surface area (Å²) in [4.78, 5) is 12.6. The van der Waals surface area contributed by atoms with Crippen molar-refractivity contribution in [1.82, 2.24) is 5.32 Å².